The van der Waals surface area contributed by atoms with E-state index in [9.17, 15) is 0 Å². The van der Waals surface area contributed by atoms with Crippen molar-refractivity contribution in [2.75, 3.05) is 39.5 Å². The highest BCUT2D eigenvalue weighted by Crippen LogP contribution is 2.45. The summed E-state index contributed by atoms with van der Waals surface area (Å²) < 4.78 is 11.4. The molecule has 0 amide bonds. The zero-order chi connectivity index (χ0) is 12.4. The maximum absolute atomic E-state index is 5.76. The summed E-state index contributed by atoms with van der Waals surface area (Å²) in [6, 6.07) is 0. The van der Waals surface area contributed by atoms with Crippen LogP contribution in [0.3, 0.4) is 0 Å². The maximum atomic E-state index is 5.76. The highest BCUT2D eigenvalue weighted by molar-refractivity contribution is 5.01. The summed E-state index contributed by atoms with van der Waals surface area (Å²) in [5.74, 6) is 1.39. The van der Waals surface area contributed by atoms with E-state index >= 15 is 0 Å². The Morgan fingerprint density at radius 1 is 1.33 bits per heavy atom. The minimum atomic E-state index is 0.227. The molecule has 3 aliphatic rings. The quantitative estimate of drug-likeness (QED) is 0.703. The first-order valence-electron chi connectivity index (χ1n) is 7.74. The van der Waals surface area contributed by atoms with E-state index in [1.165, 1.54) is 45.3 Å². The largest absolute Gasteiger partial charge is 0.381 e. The molecule has 3 atom stereocenters. The van der Waals surface area contributed by atoms with Gasteiger partial charge < -0.3 is 14.4 Å². The molecule has 3 rings (SSSR count). The van der Waals surface area contributed by atoms with Gasteiger partial charge in [-0.25, -0.2) is 0 Å². The third-order valence-corrected chi connectivity index (χ3v) is 5.18. The lowest BCUT2D eigenvalue weighted by molar-refractivity contribution is -0.0238. The van der Waals surface area contributed by atoms with Crippen LogP contribution < -0.4 is 0 Å². The molecule has 0 aromatic heterocycles. The monoisotopic (exact) mass is 253 g/mol. The van der Waals surface area contributed by atoms with Crippen LogP contribution in [0.1, 0.15) is 39.0 Å². The number of ether oxygens (including phenoxy) is 2. The molecule has 0 N–H and O–H groups in total. The summed E-state index contributed by atoms with van der Waals surface area (Å²) in [5, 5.41) is 0. The van der Waals surface area contributed by atoms with E-state index in [1.807, 2.05) is 0 Å². The van der Waals surface area contributed by atoms with Crippen molar-refractivity contribution in [2.45, 2.75) is 44.6 Å². The van der Waals surface area contributed by atoms with Crippen molar-refractivity contribution >= 4 is 0 Å². The summed E-state index contributed by atoms with van der Waals surface area (Å²) in [6.45, 7) is 9.15. The molecule has 18 heavy (non-hydrogen) atoms. The molecule has 0 bridgehead atoms. The van der Waals surface area contributed by atoms with E-state index in [0.29, 0.717) is 5.92 Å². The second-order valence-electron chi connectivity index (χ2n) is 6.45. The smallest absolute Gasteiger partial charge is 0.0990 e. The molecule has 0 saturated carbocycles. The van der Waals surface area contributed by atoms with Gasteiger partial charge >= 0.3 is 0 Å². The molecule has 3 aliphatic heterocycles. The molecule has 0 aromatic carbocycles. The second-order valence-corrected chi connectivity index (χ2v) is 6.45. The van der Waals surface area contributed by atoms with Crippen LogP contribution in [-0.2, 0) is 9.47 Å². The SMILES string of the molecule is C[C@@H](CCCN1CCCC1)C1COCC[C@]12CO2. The highest BCUT2D eigenvalue weighted by atomic mass is 16.6. The Hall–Kier alpha value is -0.120. The number of nitrogens with zero attached hydrogens (tertiary/aromatic N) is 1. The average molecular weight is 253 g/mol. The fraction of sp³-hybridized carbons (Fsp3) is 1.00. The first-order valence-corrected chi connectivity index (χ1v) is 7.74. The Kier molecular flexibility index (Phi) is 3.92. The topological polar surface area (TPSA) is 25.0 Å². The van der Waals surface area contributed by atoms with Gasteiger partial charge in [0.15, 0.2) is 0 Å². The fourth-order valence-corrected chi connectivity index (χ4v) is 3.77. The standard InChI is InChI=1S/C15H27NO2/c1-13(5-4-9-16-7-2-3-8-16)14-11-17-10-6-15(14)12-18-15/h13-14H,2-12H2,1H3/t13-,14?,15-/m0/s1. The molecule has 3 nitrogen and oxygen atoms in total. The predicted molar refractivity (Wildman–Crippen MR) is 71.7 cm³/mol. The van der Waals surface area contributed by atoms with Crippen LogP contribution in [0.5, 0.6) is 0 Å². The zero-order valence-corrected chi connectivity index (χ0v) is 11.7. The van der Waals surface area contributed by atoms with Crippen molar-refractivity contribution in [1.82, 2.24) is 4.90 Å². The molecular weight excluding hydrogens is 226 g/mol. The maximum Gasteiger partial charge on any atom is 0.0990 e. The summed E-state index contributed by atoms with van der Waals surface area (Å²) in [7, 11) is 0. The molecule has 0 aromatic rings. The van der Waals surface area contributed by atoms with E-state index in [-0.39, 0.29) is 5.60 Å². The number of likely N-dealkylation sites (tertiary alicyclic amines) is 1. The second kappa shape index (κ2) is 5.48. The lowest BCUT2D eigenvalue weighted by Gasteiger charge is -2.33. The summed E-state index contributed by atoms with van der Waals surface area (Å²) in [4.78, 5) is 2.62. The van der Waals surface area contributed by atoms with Gasteiger partial charge in [-0.15, -0.1) is 0 Å². The van der Waals surface area contributed by atoms with Crippen LogP contribution in [0.4, 0.5) is 0 Å². The molecule has 3 saturated heterocycles. The first kappa shape index (κ1) is 12.9. The van der Waals surface area contributed by atoms with Gasteiger partial charge in [0.25, 0.3) is 0 Å². The number of rotatable bonds is 5. The van der Waals surface area contributed by atoms with E-state index in [4.69, 9.17) is 9.47 Å². The molecule has 3 fully saturated rings. The van der Waals surface area contributed by atoms with Gasteiger partial charge in [0.05, 0.1) is 18.8 Å². The molecule has 1 spiro atoms. The van der Waals surface area contributed by atoms with Crippen LogP contribution >= 0.6 is 0 Å². The predicted octanol–water partition coefficient (Wildman–Crippen LogP) is 2.30. The van der Waals surface area contributed by atoms with E-state index in [1.54, 1.807) is 0 Å². The van der Waals surface area contributed by atoms with Gasteiger partial charge in [-0.05, 0) is 51.2 Å². The molecule has 3 heteroatoms. The normalized spacial score (nSPS) is 38.2. The fourth-order valence-electron chi connectivity index (χ4n) is 3.77. The van der Waals surface area contributed by atoms with E-state index < -0.39 is 0 Å². The van der Waals surface area contributed by atoms with Crippen LogP contribution in [0, 0.1) is 11.8 Å². The molecule has 3 heterocycles. The Balaban J connectivity index is 1.41. The molecule has 104 valence electrons. The Morgan fingerprint density at radius 2 is 2.11 bits per heavy atom. The molecule has 0 radical (unpaired) electrons. The summed E-state index contributed by atoms with van der Waals surface area (Å²) in [6.07, 6.45) is 6.60. The van der Waals surface area contributed by atoms with Crippen molar-refractivity contribution in [2.24, 2.45) is 11.8 Å². The van der Waals surface area contributed by atoms with Gasteiger partial charge in [-0.2, -0.15) is 0 Å². The Labute approximate surface area is 111 Å². The van der Waals surface area contributed by atoms with Crippen molar-refractivity contribution in [1.29, 1.82) is 0 Å². The van der Waals surface area contributed by atoms with Crippen LogP contribution in [-0.4, -0.2) is 50.0 Å². The highest BCUT2D eigenvalue weighted by Gasteiger charge is 2.54. The molecule has 0 aliphatic carbocycles. The van der Waals surface area contributed by atoms with Crippen molar-refractivity contribution < 1.29 is 9.47 Å². The van der Waals surface area contributed by atoms with Gasteiger partial charge in [0, 0.05) is 18.9 Å². The summed E-state index contributed by atoms with van der Waals surface area (Å²) in [5.41, 5.74) is 0.227. The zero-order valence-electron chi connectivity index (χ0n) is 11.7. The van der Waals surface area contributed by atoms with Crippen LogP contribution in [0.15, 0.2) is 0 Å². The first-order chi connectivity index (χ1) is 8.80. The van der Waals surface area contributed by atoms with Gasteiger partial charge in [-0.1, -0.05) is 6.92 Å². The Morgan fingerprint density at radius 3 is 2.83 bits per heavy atom. The van der Waals surface area contributed by atoms with E-state index in [0.717, 1.165) is 32.2 Å². The minimum Gasteiger partial charge on any atom is -0.381 e. The lowest BCUT2D eigenvalue weighted by atomic mass is 9.78. The average Bonchev–Trinajstić information content (AvgIpc) is 2.93. The minimum absolute atomic E-state index is 0.227. The van der Waals surface area contributed by atoms with Gasteiger partial charge in [0.1, 0.15) is 0 Å². The lowest BCUT2D eigenvalue weighted by Crippen LogP contribution is -2.39. The van der Waals surface area contributed by atoms with Crippen molar-refractivity contribution in [3.63, 3.8) is 0 Å². The van der Waals surface area contributed by atoms with Crippen molar-refractivity contribution in [3.8, 4) is 0 Å². The van der Waals surface area contributed by atoms with Crippen LogP contribution in [0.25, 0.3) is 0 Å². The van der Waals surface area contributed by atoms with E-state index in [2.05, 4.69) is 11.8 Å². The van der Waals surface area contributed by atoms with Crippen LogP contribution in [0.2, 0.25) is 0 Å². The van der Waals surface area contributed by atoms with Gasteiger partial charge in [0.2, 0.25) is 0 Å². The number of hydrogen-bond acceptors (Lipinski definition) is 3. The Bertz CT molecular complexity index is 272. The third-order valence-electron chi connectivity index (χ3n) is 5.18. The van der Waals surface area contributed by atoms with Gasteiger partial charge in [-0.3, -0.25) is 0 Å². The molecular formula is C15H27NO2. The number of hydrogen-bond donors (Lipinski definition) is 0. The third kappa shape index (κ3) is 2.73. The van der Waals surface area contributed by atoms with Crippen molar-refractivity contribution in [3.05, 3.63) is 0 Å². The summed E-state index contributed by atoms with van der Waals surface area (Å²) >= 11 is 0. The molecule has 1 unspecified atom stereocenters. The number of epoxide rings is 1.